The van der Waals surface area contributed by atoms with Crippen molar-refractivity contribution in [3.63, 3.8) is 0 Å². The summed E-state index contributed by atoms with van der Waals surface area (Å²) in [7, 11) is 0. The number of hydrogen-bond acceptors (Lipinski definition) is 2. The van der Waals surface area contributed by atoms with Crippen LogP contribution in [0.1, 0.15) is 52.9 Å². The van der Waals surface area contributed by atoms with Gasteiger partial charge in [-0.15, -0.1) is 0 Å². The third-order valence-electron chi connectivity index (χ3n) is 2.82. The molecule has 0 bridgehead atoms. The molecule has 0 aromatic rings. The molecule has 86 valence electrons. The average Bonchev–Trinajstić information content (AvgIpc) is 2.16. The minimum absolute atomic E-state index is 0.116. The van der Waals surface area contributed by atoms with Gasteiger partial charge in [0.15, 0.2) is 0 Å². The Kier molecular flexibility index (Phi) is 7.20. The van der Waals surface area contributed by atoms with Crippen molar-refractivity contribution >= 4 is 0 Å². The van der Waals surface area contributed by atoms with Gasteiger partial charge in [0.05, 0.1) is 13.2 Å². The van der Waals surface area contributed by atoms with Gasteiger partial charge in [0, 0.05) is 5.41 Å². The highest BCUT2D eigenvalue weighted by molar-refractivity contribution is 4.79. The number of unbranched alkanes of at least 4 members (excludes halogenated alkanes) is 2. The van der Waals surface area contributed by atoms with Crippen LogP contribution in [0.15, 0.2) is 0 Å². The summed E-state index contributed by atoms with van der Waals surface area (Å²) in [6, 6.07) is 0. The third-order valence-corrected chi connectivity index (χ3v) is 2.82. The average molecular weight is 202 g/mol. The largest absolute Gasteiger partial charge is 0.396 e. The van der Waals surface area contributed by atoms with E-state index < -0.39 is 0 Å². The Morgan fingerprint density at radius 1 is 1.07 bits per heavy atom. The molecule has 0 unspecified atom stereocenters. The van der Waals surface area contributed by atoms with Crippen LogP contribution in [0.3, 0.4) is 0 Å². The highest BCUT2D eigenvalue weighted by Crippen LogP contribution is 2.31. The van der Waals surface area contributed by atoms with Gasteiger partial charge in [-0.25, -0.2) is 0 Å². The molecule has 0 fully saturated rings. The summed E-state index contributed by atoms with van der Waals surface area (Å²) >= 11 is 0. The topological polar surface area (TPSA) is 40.5 Å². The van der Waals surface area contributed by atoms with E-state index in [0.29, 0.717) is 5.92 Å². The summed E-state index contributed by atoms with van der Waals surface area (Å²) in [4.78, 5) is 0. The summed E-state index contributed by atoms with van der Waals surface area (Å²) in [6.45, 7) is 6.68. The fourth-order valence-electron chi connectivity index (χ4n) is 2.06. The van der Waals surface area contributed by atoms with Crippen LogP contribution >= 0.6 is 0 Å². The maximum Gasteiger partial charge on any atom is 0.0509 e. The van der Waals surface area contributed by atoms with Crippen LogP contribution in [-0.2, 0) is 0 Å². The van der Waals surface area contributed by atoms with Crippen molar-refractivity contribution in [2.75, 3.05) is 13.2 Å². The molecule has 0 aliphatic heterocycles. The van der Waals surface area contributed by atoms with E-state index in [-0.39, 0.29) is 18.6 Å². The van der Waals surface area contributed by atoms with Gasteiger partial charge in [0.25, 0.3) is 0 Å². The maximum atomic E-state index is 9.36. The summed E-state index contributed by atoms with van der Waals surface area (Å²) in [5.74, 6) is 0.538. The monoisotopic (exact) mass is 202 g/mol. The van der Waals surface area contributed by atoms with E-state index in [0.717, 1.165) is 19.3 Å². The van der Waals surface area contributed by atoms with Gasteiger partial charge >= 0.3 is 0 Å². The highest BCUT2D eigenvalue weighted by Gasteiger charge is 2.28. The van der Waals surface area contributed by atoms with E-state index in [1.807, 2.05) is 0 Å². The van der Waals surface area contributed by atoms with Crippen LogP contribution in [0.25, 0.3) is 0 Å². The van der Waals surface area contributed by atoms with Crippen molar-refractivity contribution in [3.05, 3.63) is 0 Å². The lowest BCUT2D eigenvalue weighted by molar-refractivity contribution is 0.0276. The molecule has 0 heterocycles. The quantitative estimate of drug-likeness (QED) is 0.594. The lowest BCUT2D eigenvalue weighted by Crippen LogP contribution is -2.31. The van der Waals surface area contributed by atoms with E-state index in [1.54, 1.807) is 0 Å². The molecule has 0 saturated heterocycles. The number of aliphatic hydroxyl groups excluding tert-OH is 2. The molecule has 2 nitrogen and oxygen atoms in total. The minimum atomic E-state index is -0.233. The normalized spacial score (nSPS) is 12.4. The Morgan fingerprint density at radius 3 is 2.00 bits per heavy atom. The molecule has 0 aromatic carbocycles. The van der Waals surface area contributed by atoms with Gasteiger partial charge in [-0.3, -0.25) is 0 Å². The second kappa shape index (κ2) is 7.24. The Balaban J connectivity index is 4.07. The zero-order chi connectivity index (χ0) is 11.0. The van der Waals surface area contributed by atoms with E-state index in [1.165, 1.54) is 12.8 Å². The van der Waals surface area contributed by atoms with Crippen molar-refractivity contribution < 1.29 is 10.2 Å². The van der Waals surface area contributed by atoms with Gasteiger partial charge in [-0.05, 0) is 18.8 Å². The van der Waals surface area contributed by atoms with Gasteiger partial charge in [-0.2, -0.15) is 0 Å². The lowest BCUT2D eigenvalue weighted by Gasteiger charge is -2.31. The summed E-state index contributed by atoms with van der Waals surface area (Å²) < 4.78 is 0. The second-order valence-electron chi connectivity index (χ2n) is 4.87. The van der Waals surface area contributed by atoms with Crippen molar-refractivity contribution in [1.29, 1.82) is 0 Å². The zero-order valence-corrected chi connectivity index (χ0v) is 9.92. The van der Waals surface area contributed by atoms with E-state index in [2.05, 4.69) is 20.8 Å². The van der Waals surface area contributed by atoms with Crippen LogP contribution in [-0.4, -0.2) is 23.4 Å². The highest BCUT2D eigenvalue weighted by atomic mass is 16.3. The first-order valence-corrected chi connectivity index (χ1v) is 5.82. The number of aliphatic hydroxyl groups is 2. The molecular weight excluding hydrogens is 176 g/mol. The lowest BCUT2D eigenvalue weighted by atomic mass is 9.77. The fourth-order valence-corrected chi connectivity index (χ4v) is 2.06. The molecule has 0 saturated carbocycles. The SMILES string of the molecule is CCCCCC(CO)(CO)CC(C)C. The minimum Gasteiger partial charge on any atom is -0.396 e. The van der Waals surface area contributed by atoms with Gasteiger partial charge in [-0.1, -0.05) is 40.0 Å². The number of hydrogen-bond donors (Lipinski definition) is 2. The number of rotatable bonds is 8. The van der Waals surface area contributed by atoms with Crippen LogP contribution in [0.5, 0.6) is 0 Å². The predicted molar refractivity (Wildman–Crippen MR) is 60.2 cm³/mol. The zero-order valence-electron chi connectivity index (χ0n) is 9.92. The van der Waals surface area contributed by atoms with Crippen molar-refractivity contribution in [1.82, 2.24) is 0 Å². The Labute approximate surface area is 88.3 Å². The molecule has 2 heteroatoms. The molecule has 0 radical (unpaired) electrons. The molecule has 0 aliphatic carbocycles. The summed E-state index contributed by atoms with van der Waals surface area (Å²) in [5.41, 5.74) is -0.233. The molecule has 0 atom stereocenters. The Morgan fingerprint density at radius 2 is 1.64 bits per heavy atom. The molecule has 2 N–H and O–H groups in total. The predicted octanol–water partition coefficient (Wildman–Crippen LogP) is 2.58. The van der Waals surface area contributed by atoms with Crippen LogP contribution in [0, 0.1) is 11.3 Å². The first kappa shape index (κ1) is 13.9. The first-order chi connectivity index (χ1) is 6.60. The summed E-state index contributed by atoms with van der Waals surface area (Å²) in [6.07, 6.45) is 5.37. The molecule has 14 heavy (non-hydrogen) atoms. The molecule has 0 spiro atoms. The van der Waals surface area contributed by atoms with E-state index in [4.69, 9.17) is 0 Å². The fraction of sp³-hybridized carbons (Fsp3) is 1.00. The summed E-state index contributed by atoms with van der Waals surface area (Å²) in [5, 5.41) is 18.7. The third kappa shape index (κ3) is 4.97. The van der Waals surface area contributed by atoms with Gasteiger partial charge in [0.1, 0.15) is 0 Å². The molecule has 0 aliphatic rings. The maximum absolute atomic E-state index is 9.36. The molecule has 0 aromatic heterocycles. The molecular formula is C12H26O2. The second-order valence-corrected chi connectivity index (χ2v) is 4.87. The Hall–Kier alpha value is -0.0800. The van der Waals surface area contributed by atoms with E-state index in [9.17, 15) is 10.2 Å². The van der Waals surface area contributed by atoms with Crippen molar-refractivity contribution in [2.45, 2.75) is 52.9 Å². The van der Waals surface area contributed by atoms with Crippen LogP contribution < -0.4 is 0 Å². The molecule has 0 rings (SSSR count). The van der Waals surface area contributed by atoms with Gasteiger partial charge in [0.2, 0.25) is 0 Å². The van der Waals surface area contributed by atoms with Crippen molar-refractivity contribution in [3.8, 4) is 0 Å². The first-order valence-electron chi connectivity index (χ1n) is 5.82. The van der Waals surface area contributed by atoms with Gasteiger partial charge < -0.3 is 10.2 Å². The van der Waals surface area contributed by atoms with E-state index >= 15 is 0 Å². The standard InChI is InChI=1S/C12H26O2/c1-4-5-6-7-12(9-13,10-14)8-11(2)3/h11,13-14H,4-10H2,1-3H3. The smallest absolute Gasteiger partial charge is 0.0509 e. The molecule has 0 amide bonds. The van der Waals surface area contributed by atoms with Crippen LogP contribution in [0.2, 0.25) is 0 Å². The Bertz CT molecular complexity index is 128. The van der Waals surface area contributed by atoms with Crippen molar-refractivity contribution in [2.24, 2.45) is 11.3 Å². The van der Waals surface area contributed by atoms with Crippen LogP contribution in [0.4, 0.5) is 0 Å².